The molecule has 0 atom stereocenters. The molecule has 1 aromatic rings. The van der Waals surface area contributed by atoms with Crippen molar-refractivity contribution in [3.8, 4) is 0 Å². The first-order valence-corrected chi connectivity index (χ1v) is 10.9. The van der Waals surface area contributed by atoms with Gasteiger partial charge in [0.1, 0.15) is 5.82 Å². The number of carbonyl (C=O) groups excluding carboxylic acids is 1. The monoisotopic (exact) mass is 405 g/mol. The second kappa shape index (κ2) is 10.1. The maximum Gasteiger partial charge on any atom is 0.220 e. The van der Waals surface area contributed by atoms with Crippen molar-refractivity contribution in [3.63, 3.8) is 0 Å². The molecule has 146 valence electrons. The van der Waals surface area contributed by atoms with Crippen LogP contribution < -0.4 is 10.2 Å². The molecular formula is C17H25ClFN3O3S. The van der Waals surface area contributed by atoms with E-state index in [9.17, 15) is 17.6 Å². The van der Waals surface area contributed by atoms with Gasteiger partial charge in [0.15, 0.2) is 0 Å². The fourth-order valence-corrected chi connectivity index (χ4v) is 4.42. The van der Waals surface area contributed by atoms with Crippen molar-refractivity contribution in [2.24, 2.45) is 0 Å². The molecule has 6 nitrogen and oxygen atoms in total. The number of benzene rings is 1. The number of carbonyl (C=O) groups is 1. The van der Waals surface area contributed by atoms with E-state index in [1.807, 2.05) is 4.90 Å². The van der Waals surface area contributed by atoms with Gasteiger partial charge in [-0.3, -0.25) is 4.79 Å². The molecule has 0 spiro atoms. The molecular weight excluding hydrogens is 381 g/mol. The van der Waals surface area contributed by atoms with Crippen LogP contribution in [0.5, 0.6) is 0 Å². The van der Waals surface area contributed by atoms with E-state index in [0.717, 1.165) is 5.69 Å². The Balaban J connectivity index is 1.73. The van der Waals surface area contributed by atoms with Crippen LogP contribution in [0.1, 0.15) is 19.3 Å². The van der Waals surface area contributed by atoms with Crippen molar-refractivity contribution < 1.29 is 17.6 Å². The minimum Gasteiger partial charge on any atom is -0.369 e. The lowest BCUT2D eigenvalue weighted by molar-refractivity contribution is -0.121. The molecule has 1 N–H and O–H groups in total. The summed E-state index contributed by atoms with van der Waals surface area (Å²) >= 11 is 5.52. The van der Waals surface area contributed by atoms with E-state index in [0.29, 0.717) is 57.9 Å². The molecule has 0 bridgehead atoms. The van der Waals surface area contributed by atoms with Crippen LogP contribution >= 0.6 is 11.6 Å². The molecule has 0 radical (unpaired) electrons. The van der Waals surface area contributed by atoms with Crippen LogP contribution in [0.4, 0.5) is 10.1 Å². The van der Waals surface area contributed by atoms with E-state index in [4.69, 9.17) is 11.6 Å². The maximum atomic E-state index is 13.0. The van der Waals surface area contributed by atoms with Gasteiger partial charge in [-0.15, -0.1) is 11.6 Å². The zero-order chi connectivity index (χ0) is 19.0. The number of nitrogens with zero attached hydrogens (tertiary/aromatic N) is 2. The first-order chi connectivity index (χ1) is 12.4. The summed E-state index contributed by atoms with van der Waals surface area (Å²) in [6.07, 6.45) is 1.36. The second-order valence-electron chi connectivity index (χ2n) is 6.17. The fourth-order valence-electron chi connectivity index (χ4n) is 2.80. The van der Waals surface area contributed by atoms with Crippen LogP contribution in [0.25, 0.3) is 0 Å². The lowest BCUT2D eigenvalue weighted by Crippen LogP contribution is -2.49. The number of hydrogen-bond donors (Lipinski definition) is 1. The third-order valence-electron chi connectivity index (χ3n) is 4.26. The minimum absolute atomic E-state index is 0.0132. The molecule has 1 saturated heterocycles. The van der Waals surface area contributed by atoms with Crippen LogP contribution in [-0.4, -0.2) is 63.0 Å². The predicted molar refractivity (Wildman–Crippen MR) is 102 cm³/mol. The van der Waals surface area contributed by atoms with E-state index in [2.05, 4.69) is 5.32 Å². The van der Waals surface area contributed by atoms with Gasteiger partial charge in [0.25, 0.3) is 0 Å². The van der Waals surface area contributed by atoms with Crippen molar-refractivity contribution in [2.45, 2.75) is 19.3 Å². The molecule has 26 heavy (non-hydrogen) atoms. The third kappa shape index (κ3) is 6.41. The van der Waals surface area contributed by atoms with E-state index in [1.54, 1.807) is 12.1 Å². The van der Waals surface area contributed by atoms with Gasteiger partial charge in [0.05, 0.1) is 5.75 Å². The summed E-state index contributed by atoms with van der Waals surface area (Å²) < 4.78 is 39.3. The molecule has 9 heteroatoms. The zero-order valence-corrected chi connectivity index (χ0v) is 16.2. The van der Waals surface area contributed by atoms with E-state index in [1.165, 1.54) is 16.4 Å². The summed E-state index contributed by atoms with van der Waals surface area (Å²) in [6.45, 7) is 2.29. The number of rotatable bonds is 9. The normalized spacial score (nSPS) is 15.8. The molecule has 1 heterocycles. The number of alkyl halides is 1. The number of nitrogens with one attached hydrogen (secondary N) is 1. The summed E-state index contributed by atoms with van der Waals surface area (Å²) in [7, 11) is -3.34. The van der Waals surface area contributed by atoms with Gasteiger partial charge >= 0.3 is 0 Å². The van der Waals surface area contributed by atoms with Crippen LogP contribution in [0.15, 0.2) is 24.3 Å². The van der Waals surface area contributed by atoms with Crippen molar-refractivity contribution >= 4 is 33.2 Å². The first kappa shape index (κ1) is 20.9. The standard InChI is InChI=1S/C17H25ClFN3O3S/c18-8-1-3-17(23)20-9-2-14-26(24,25)22-12-10-21(11-13-22)16-6-4-15(19)5-7-16/h4-7H,1-3,8-14H2,(H,20,23). The number of piperazine rings is 1. The Hall–Kier alpha value is -1.38. The van der Waals surface area contributed by atoms with Crippen molar-refractivity contribution in [1.82, 2.24) is 9.62 Å². The number of halogens is 2. The number of amides is 1. The average Bonchev–Trinajstić information content (AvgIpc) is 2.64. The van der Waals surface area contributed by atoms with Gasteiger partial charge in [-0.2, -0.15) is 4.31 Å². The number of anilines is 1. The molecule has 0 unspecified atom stereocenters. The Bertz CT molecular complexity index is 677. The number of hydrogen-bond acceptors (Lipinski definition) is 4. The largest absolute Gasteiger partial charge is 0.369 e. The topological polar surface area (TPSA) is 69.7 Å². The summed E-state index contributed by atoms with van der Waals surface area (Å²) in [5.41, 5.74) is 0.892. The van der Waals surface area contributed by atoms with Gasteiger partial charge < -0.3 is 10.2 Å². The van der Waals surface area contributed by atoms with Crippen LogP contribution in [-0.2, 0) is 14.8 Å². The highest BCUT2D eigenvalue weighted by atomic mass is 35.5. The van der Waals surface area contributed by atoms with Crippen LogP contribution in [0, 0.1) is 5.82 Å². The van der Waals surface area contributed by atoms with Crippen molar-refractivity contribution in [2.75, 3.05) is 49.3 Å². The Morgan fingerprint density at radius 3 is 2.38 bits per heavy atom. The molecule has 1 aliphatic heterocycles. The summed E-state index contributed by atoms with van der Waals surface area (Å²) in [4.78, 5) is 13.5. The Kier molecular flexibility index (Phi) is 8.12. The van der Waals surface area contributed by atoms with Gasteiger partial charge in [-0.25, -0.2) is 12.8 Å². The third-order valence-corrected chi connectivity index (χ3v) is 6.49. The highest BCUT2D eigenvalue weighted by Crippen LogP contribution is 2.18. The van der Waals surface area contributed by atoms with E-state index >= 15 is 0 Å². The zero-order valence-electron chi connectivity index (χ0n) is 14.7. The van der Waals surface area contributed by atoms with E-state index in [-0.39, 0.29) is 17.5 Å². The molecule has 1 aromatic carbocycles. The smallest absolute Gasteiger partial charge is 0.220 e. The number of sulfonamides is 1. The van der Waals surface area contributed by atoms with Gasteiger partial charge in [-0.1, -0.05) is 0 Å². The summed E-state index contributed by atoms with van der Waals surface area (Å²) in [6, 6.07) is 6.21. The average molecular weight is 406 g/mol. The molecule has 2 rings (SSSR count). The van der Waals surface area contributed by atoms with Crippen LogP contribution in [0.3, 0.4) is 0 Å². The van der Waals surface area contributed by atoms with Gasteiger partial charge in [-0.05, 0) is 37.1 Å². The Morgan fingerprint density at radius 2 is 1.77 bits per heavy atom. The highest BCUT2D eigenvalue weighted by molar-refractivity contribution is 7.89. The molecule has 0 saturated carbocycles. The Labute approximate surface area is 159 Å². The highest BCUT2D eigenvalue weighted by Gasteiger charge is 2.26. The Morgan fingerprint density at radius 1 is 1.12 bits per heavy atom. The van der Waals surface area contributed by atoms with Crippen LogP contribution in [0.2, 0.25) is 0 Å². The van der Waals surface area contributed by atoms with Gasteiger partial charge in [0, 0.05) is 50.7 Å². The van der Waals surface area contributed by atoms with Crippen molar-refractivity contribution in [1.29, 1.82) is 0 Å². The second-order valence-corrected chi connectivity index (χ2v) is 8.64. The first-order valence-electron chi connectivity index (χ1n) is 8.73. The lowest BCUT2D eigenvalue weighted by Gasteiger charge is -2.35. The SMILES string of the molecule is O=C(CCCCl)NCCCS(=O)(=O)N1CCN(c2ccc(F)cc2)CC1. The summed E-state index contributed by atoms with van der Waals surface area (Å²) in [5.74, 6) is 0.0612. The lowest BCUT2D eigenvalue weighted by atomic mass is 10.2. The maximum absolute atomic E-state index is 13.0. The van der Waals surface area contributed by atoms with Crippen molar-refractivity contribution in [3.05, 3.63) is 30.1 Å². The van der Waals surface area contributed by atoms with E-state index < -0.39 is 10.0 Å². The molecule has 1 fully saturated rings. The molecule has 0 aromatic heterocycles. The fraction of sp³-hybridized carbons (Fsp3) is 0.588. The minimum atomic E-state index is -3.34. The summed E-state index contributed by atoms with van der Waals surface area (Å²) in [5, 5.41) is 2.71. The van der Waals surface area contributed by atoms with Gasteiger partial charge in [0.2, 0.25) is 15.9 Å². The molecule has 1 amide bonds. The predicted octanol–water partition coefficient (Wildman–Crippen LogP) is 1.80. The molecule has 0 aliphatic carbocycles. The molecule has 1 aliphatic rings. The quantitative estimate of drug-likeness (QED) is 0.502.